The first-order chi connectivity index (χ1) is 9.68. The first-order valence-corrected chi connectivity index (χ1v) is 8.57. The van der Waals surface area contributed by atoms with Crippen molar-refractivity contribution in [1.29, 1.82) is 0 Å². The summed E-state index contributed by atoms with van der Waals surface area (Å²) < 4.78 is 61.2. The van der Waals surface area contributed by atoms with Crippen LogP contribution in [0.4, 0.5) is 0 Å². The predicted molar refractivity (Wildman–Crippen MR) is 73.4 cm³/mol. The highest BCUT2D eigenvalue weighted by Gasteiger charge is 2.16. The summed E-state index contributed by atoms with van der Waals surface area (Å²) in [6, 6.07) is 10.3. The third kappa shape index (κ3) is 3.81. The summed E-state index contributed by atoms with van der Waals surface area (Å²) in [5.74, 6) is -0.0806. The van der Waals surface area contributed by atoms with Gasteiger partial charge in [0.05, 0.1) is 4.90 Å². The van der Waals surface area contributed by atoms with Crippen LogP contribution in [0.25, 0.3) is 0 Å². The molecule has 0 heterocycles. The van der Waals surface area contributed by atoms with E-state index in [9.17, 15) is 21.4 Å². The summed E-state index contributed by atoms with van der Waals surface area (Å²) >= 11 is 0. The van der Waals surface area contributed by atoms with E-state index in [1.54, 1.807) is 12.1 Å². The molecule has 112 valence electrons. The van der Waals surface area contributed by atoms with Gasteiger partial charge >= 0.3 is 10.1 Å². The summed E-state index contributed by atoms with van der Waals surface area (Å²) in [6.07, 6.45) is 0. The molecule has 0 atom stereocenters. The molecule has 0 saturated heterocycles. The van der Waals surface area contributed by atoms with Crippen LogP contribution in [0.2, 0.25) is 0 Å². The Morgan fingerprint density at radius 3 is 1.76 bits per heavy atom. The quantitative estimate of drug-likeness (QED) is 0.625. The molecule has 0 aromatic heterocycles. The van der Waals surface area contributed by atoms with Crippen LogP contribution in [0.3, 0.4) is 0 Å². The van der Waals surface area contributed by atoms with Crippen LogP contribution in [0, 0.1) is 6.92 Å². The Kier molecular flexibility index (Phi) is 4.04. The molecule has 6 nitrogen and oxygen atoms in total. The minimum absolute atomic E-state index is 0.0198. The zero-order chi connectivity index (χ0) is 15.7. The van der Waals surface area contributed by atoms with Gasteiger partial charge in [-0.2, -0.15) is 8.42 Å². The van der Waals surface area contributed by atoms with Crippen LogP contribution in [0.1, 0.15) is 5.56 Å². The van der Waals surface area contributed by atoms with Crippen LogP contribution >= 0.6 is 0 Å². The lowest BCUT2D eigenvalue weighted by Gasteiger charge is -2.09. The summed E-state index contributed by atoms with van der Waals surface area (Å²) in [6.45, 7) is 1.82. The average Bonchev–Trinajstić information content (AvgIpc) is 2.38. The third-order valence-corrected chi connectivity index (χ3v) is 4.74. The van der Waals surface area contributed by atoms with Gasteiger partial charge in [0.2, 0.25) is 0 Å². The van der Waals surface area contributed by atoms with Crippen LogP contribution in [0.5, 0.6) is 5.75 Å². The Morgan fingerprint density at radius 1 is 0.810 bits per heavy atom. The van der Waals surface area contributed by atoms with Crippen LogP contribution in [0.15, 0.2) is 58.3 Å². The molecule has 0 spiro atoms. The van der Waals surface area contributed by atoms with Gasteiger partial charge in [-0.1, -0.05) is 17.7 Å². The van der Waals surface area contributed by atoms with Crippen molar-refractivity contribution in [3.63, 3.8) is 0 Å². The highest BCUT2D eigenvalue weighted by atomic mass is 32.2. The Labute approximate surface area is 122 Å². The van der Waals surface area contributed by atoms with Crippen molar-refractivity contribution in [2.45, 2.75) is 16.7 Å². The van der Waals surface area contributed by atoms with Gasteiger partial charge in [-0.05, 0) is 43.3 Å². The number of rotatable bonds is 4. The highest BCUT2D eigenvalue weighted by molar-refractivity contribution is 7.87. The molecule has 2 aromatic rings. The molecule has 8 heteroatoms. The minimum atomic E-state index is -4.58. The van der Waals surface area contributed by atoms with Crippen LogP contribution in [-0.2, 0) is 20.2 Å². The Morgan fingerprint density at radius 2 is 1.29 bits per heavy atom. The molecule has 0 unspecified atom stereocenters. The van der Waals surface area contributed by atoms with E-state index in [2.05, 4.69) is 0 Å². The van der Waals surface area contributed by atoms with Crippen molar-refractivity contribution < 1.29 is 25.6 Å². The van der Waals surface area contributed by atoms with Gasteiger partial charge in [-0.25, -0.2) is 8.42 Å². The fourth-order valence-electron chi connectivity index (χ4n) is 1.54. The number of benzene rings is 2. The fourth-order valence-corrected chi connectivity index (χ4v) is 2.94. The largest absolute Gasteiger partial charge is 0.744 e. The molecule has 0 amide bonds. The summed E-state index contributed by atoms with van der Waals surface area (Å²) in [4.78, 5) is -0.476. The summed E-state index contributed by atoms with van der Waals surface area (Å²) in [5, 5.41) is 0. The standard InChI is InChI=1S/C13H12O6S2/c1-10-2-6-13(7-3-10)21(17,18)19-11-4-8-12(9-5-11)20(14,15)16/h2-9H,1H3,(H,14,15,16)/p-1. The van der Waals surface area contributed by atoms with E-state index in [1.807, 2.05) is 6.92 Å². The van der Waals surface area contributed by atoms with Crippen molar-refractivity contribution in [1.82, 2.24) is 0 Å². The van der Waals surface area contributed by atoms with Crippen molar-refractivity contribution in [3.8, 4) is 5.75 Å². The van der Waals surface area contributed by atoms with Gasteiger partial charge in [0.1, 0.15) is 20.8 Å². The second-order valence-electron chi connectivity index (χ2n) is 4.28. The average molecular weight is 327 g/mol. The molecule has 0 aliphatic rings. The second kappa shape index (κ2) is 5.47. The zero-order valence-corrected chi connectivity index (χ0v) is 12.5. The monoisotopic (exact) mass is 327 g/mol. The SMILES string of the molecule is Cc1ccc(S(=O)(=O)Oc2ccc(S(=O)(=O)[O-])cc2)cc1. The molecular formula is C13H11O6S2-. The number of aryl methyl sites for hydroxylation is 1. The fraction of sp³-hybridized carbons (Fsp3) is 0.0769. The first kappa shape index (κ1) is 15.5. The molecule has 0 saturated carbocycles. The van der Waals surface area contributed by atoms with Gasteiger partial charge in [-0.3, -0.25) is 0 Å². The molecule has 0 aliphatic carbocycles. The topological polar surface area (TPSA) is 101 Å². The molecule has 2 rings (SSSR count). The third-order valence-electron chi connectivity index (χ3n) is 2.63. The maximum Gasteiger partial charge on any atom is 0.339 e. The molecule has 2 aromatic carbocycles. The maximum atomic E-state index is 12.0. The Bertz CT molecular complexity index is 835. The number of hydrogen-bond donors (Lipinski definition) is 0. The highest BCUT2D eigenvalue weighted by Crippen LogP contribution is 2.20. The van der Waals surface area contributed by atoms with Crippen molar-refractivity contribution in [2.24, 2.45) is 0 Å². The van der Waals surface area contributed by atoms with Crippen molar-refractivity contribution >= 4 is 20.2 Å². The van der Waals surface area contributed by atoms with Gasteiger partial charge in [-0.15, -0.1) is 0 Å². The minimum Gasteiger partial charge on any atom is -0.744 e. The van der Waals surface area contributed by atoms with E-state index in [-0.39, 0.29) is 10.6 Å². The van der Waals surface area contributed by atoms with E-state index in [4.69, 9.17) is 4.18 Å². The normalized spacial score (nSPS) is 12.1. The molecule has 0 radical (unpaired) electrons. The molecule has 0 fully saturated rings. The van der Waals surface area contributed by atoms with E-state index >= 15 is 0 Å². The lowest BCUT2D eigenvalue weighted by molar-refractivity contribution is 0.463. The van der Waals surface area contributed by atoms with E-state index in [0.717, 1.165) is 29.8 Å². The molecule has 0 aliphatic heterocycles. The van der Waals surface area contributed by atoms with Crippen molar-refractivity contribution in [2.75, 3.05) is 0 Å². The Hall–Kier alpha value is -1.90. The van der Waals surface area contributed by atoms with E-state index in [0.29, 0.717) is 0 Å². The van der Waals surface area contributed by atoms with Crippen LogP contribution in [-0.4, -0.2) is 21.4 Å². The van der Waals surface area contributed by atoms with Crippen molar-refractivity contribution in [3.05, 3.63) is 54.1 Å². The van der Waals surface area contributed by atoms with Gasteiger partial charge in [0.25, 0.3) is 0 Å². The summed E-state index contributed by atoms with van der Waals surface area (Å²) in [5.41, 5.74) is 0.902. The van der Waals surface area contributed by atoms with Crippen LogP contribution < -0.4 is 4.18 Å². The van der Waals surface area contributed by atoms with Gasteiger partial charge in [0.15, 0.2) is 0 Å². The molecule has 0 bridgehead atoms. The zero-order valence-electron chi connectivity index (χ0n) is 10.9. The lowest BCUT2D eigenvalue weighted by Crippen LogP contribution is -2.09. The number of hydrogen-bond acceptors (Lipinski definition) is 6. The smallest absolute Gasteiger partial charge is 0.339 e. The Balaban J connectivity index is 2.27. The molecule has 0 N–H and O–H groups in total. The predicted octanol–water partition coefficient (Wildman–Crippen LogP) is 1.67. The maximum absolute atomic E-state index is 12.0. The van der Waals surface area contributed by atoms with E-state index < -0.39 is 25.1 Å². The van der Waals surface area contributed by atoms with Gasteiger partial charge < -0.3 is 8.74 Å². The van der Waals surface area contributed by atoms with Gasteiger partial charge in [0, 0.05) is 0 Å². The lowest BCUT2D eigenvalue weighted by atomic mass is 10.2. The molecular weight excluding hydrogens is 316 g/mol. The first-order valence-electron chi connectivity index (χ1n) is 5.76. The molecule has 21 heavy (non-hydrogen) atoms. The van der Waals surface area contributed by atoms with E-state index in [1.165, 1.54) is 12.1 Å². The summed E-state index contributed by atoms with van der Waals surface area (Å²) in [7, 11) is -8.58. The second-order valence-corrected chi connectivity index (χ2v) is 7.20.